The molecule has 0 aromatic heterocycles. The van der Waals surface area contributed by atoms with E-state index in [4.69, 9.17) is 5.73 Å². The summed E-state index contributed by atoms with van der Waals surface area (Å²) in [5, 5.41) is 2.99. The number of rotatable bonds is 4. The average Bonchev–Trinajstić information content (AvgIpc) is 2.46. The van der Waals surface area contributed by atoms with E-state index < -0.39 is 0 Å². The molecule has 3 N–H and O–H groups in total. The highest BCUT2D eigenvalue weighted by atomic mass is 16.1. The van der Waals surface area contributed by atoms with Gasteiger partial charge in [0, 0.05) is 37.4 Å². The summed E-state index contributed by atoms with van der Waals surface area (Å²) in [5.74, 6) is -0.0379. The van der Waals surface area contributed by atoms with E-state index in [1.165, 1.54) is 19.3 Å². The number of anilines is 1. The monoisotopic (exact) mass is 275 g/mol. The molecule has 0 bridgehead atoms. The molecule has 4 nitrogen and oxygen atoms in total. The number of amides is 1. The quantitative estimate of drug-likeness (QED) is 0.885. The van der Waals surface area contributed by atoms with Gasteiger partial charge in [0.15, 0.2) is 0 Å². The van der Waals surface area contributed by atoms with E-state index in [1.54, 1.807) is 0 Å². The minimum absolute atomic E-state index is 0.0379. The van der Waals surface area contributed by atoms with E-state index in [2.05, 4.69) is 5.32 Å². The van der Waals surface area contributed by atoms with E-state index in [0.717, 1.165) is 18.5 Å². The first-order chi connectivity index (χ1) is 9.50. The molecule has 0 heterocycles. The molecule has 4 heteroatoms. The molecular formula is C16H25N3O. The molecule has 1 saturated carbocycles. The van der Waals surface area contributed by atoms with Crippen LogP contribution in [-0.4, -0.2) is 32.1 Å². The summed E-state index contributed by atoms with van der Waals surface area (Å²) in [7, 11) is 3.93. The molecule has 1 aromatic carbocycles. The van der Waals surface area contributed by atoms with Crippen LogP contribution in [0.2, 0.25) is 0 Å². The zero-order chi connectivity index (χ0) is 14.6. The fraction of sp³-hybridized carbons (Fsp3) is 0.562. The molecule has 1 aliphatic carbocycles. The highest BCUT2D eigenvalue weighted by molar-refractivity contribution is 5.95. The van der Waals surface area contributed by atoms with Gasteiger partial charge in [0.25, 0.3) is 5.91 Å². The predicted molar refractivity (Wildman–Crippen MR) is 83.1 cm³/mol. The maximum Gasteiger partial charge on any atom is 0.251 e. The lowest BCUT2D eigenvalue weighted by molar-refractivity contribution is 0.0937. The molecule has 1 aliphatic rings. The van der Waals surface area contributed by atoms with Gasteiger partial charge in [-0.3, -0.25) is 4.79 Å². The maximum absolute atomic E-state index is 12.2. The molecule has 0 aliphatic heterocycles. The zero-order valence-corrected chi connectivity index (χ0v) is 12.5. The molecule has 20 heavy (non-hydrogen) atoms. The molecule has 0 saturated heterocycles. The zero-order valence-electron chi connectivity index (χ0n) is 12.5. The number of carbonyl (C=O) groups excluding carboxylic acids is 1. The number of hydrogen-bond donors (Lipinski definition) is 2. The second-order valence-corrected chi connectivity index (χ2v) is 6.05. The lowest BCUT2D eigenvalue weighted by Crippen LogP contribution is -2.51. The van der Waals surface area contributed by atoms with Crippen LogP contribution in [-0.2, 0) is 0 Å². The first kappa shape index (κ1) is 14.9. The summed E-state index contributed by atoms with van der Waals surface area (Å²) in [6, 6.07) is 7.64. The fourth-order valence-electron chi connectivity index (χ4n) is 2.72. The molecule has 1 aromatic rings. The summed E-state index contributed by atoms with van der Waals surface area (Å²) in [4.78, 5) is 14.2. The lowest BCUT2D eigenvalue weighted by Gasteiger charge is -2.33. The number of nitrogens with two attached hydrogens (primary N) is 1. The van der Waals surface area contributed by atoms with Crippen molar-refractivity contribution in [3.63, 3.8) is 0 Å². The SMILES string of the molecule is CN(C)c1cccc(C(=O)NCC2(N)CCCCC2)c1. The smallest absolute Gasteiger partial charge is 0.251 e. The molecule has 0 unspecified atom stereocenters. The van der Waals surface area contributed by atoms with Crippen LogP contribution in [0.25, 0.3) is 0 Å². The van der Waals surface area contributed by atoms with Gasteiger partial charge in [-0.2, -0.15) is 0 Å². The number of nitrogens with one attached hydrogen (secondary N) is 1. The average molecular weight is 275 g/mol. The summed E-state index contributed by atoms with van der Waals surface area (Å²) < 4.78 is 0. The van der Waals surface area contributed by atoms with Crippen LogP contribution in [0.5, 0.6) is 0 Å². The van der Waals surface area contributed by atoms with Gasteiger partial charge in [0.2, 0.25) is 0 Å². The van der Waals surface area contributed by atoms with Gasteiger partial charge in [0.05, 0.1) is 0 Å². The van der Waals surface area contributed by atoms with Crippen molar-refractivity contribution >= 4 is 11.6 Å². The molecule has 0 spiro atoms. The Kier molecular flexibility index (Phi) is 4.65. The van der Waals surface area contributed by atoms with Gasteiger partial charge < -0.3 is 16.0 Å². The van der Waals surface area contributed by atoms with Crippen molar-refractivity contribution in [2.75, 3.05) is 25.5 Å². The van der Waals surface area contributed by atoms with Crippen molar-refractivity contribution in [1.29, 1.82) is 0 Å². The summed E-state index contributed by atoms with van der Waals surface area (Å²) in [6.45, 7) is 0.567. The Morgan fingerprint density at radius 3 is 2.65 bits per heavy atom. The Balaban J connectivity index is 1.96. The topological polar surface area (TPSA) is 58.4 Å². The first-order valence-corrected chi connectivity index (χ1v) is 7.35. The molecule has 110 valence electrons. The van der Waals surface area contributed by atoms with E-state index >= 15 is 0 Å². The van der Waals surface area contributed by atoms with Crippen LogP contribution in [0.1, 0.15) is 42.5 Å². The Hall–Kier alpha value is -1.55. The van der Waals surface area contributed by atoms with Gasteiger partial charge in [-0.1, -0.05) is 25.3 Å². The van der Waals surface area contributed by atoms with E-state index in [9.17, 15) is 4.79 Å². The first-order valence-electron chi connectivity index (χ1n) is 7.35. The second kappa shape index (κ2) is 6.27. The van der Waals surface area contributed by atoms with Gasteiger partial charge in [-0.15, -0.1) is 0 Å². The predicted octanol–water partition coefficient (Wildman–Crippen LogP) is 2.14. The minimum Gasteiger partial charge on any atom is -0.378 e. The Morgan fingerprint density at radius 1 is 1.30 bits per heavy atom. The third-order valence-electron chi connectivity index (χ3n) is 4.08. The largest absolute Gasteiger partial charge is 0.378 e. The van der Waals surface area contributed by atoms with Crippen LogP contribution in [0.4, 0.5) is 5.69 Å². The third-order valence-corrected chi connectivity index (χ3v) is 4.08. The summed E-state index contributed by atoms with van der Waals surface area (Å²) in [5.41, 5.74) is 7.84. The Bertz CT molecular complexity index is 465. The standard InChI is InChI=1S/C16H25N3O/c1-19(2)14-8-6-7-13(11-14)15(20)18-12-16(17)9-4-3-5-10-16/h6-8,11H,3-5,9-10,12,17H2,1-2H3,(H,18,20). The van der Waals surface area contributed by atoms with Crippen LogP contribution in [0.3, 0.4) is 0 Å². The highest BCUT2D eigenvalue weighted by Gasteiger charge is 2.27. The molecule has 0 atom stereocenters. The van der Waals surface area contributed by atoms with Crippen molar-refractivity contribution in [3.8, 4) is 0 Å². The van der Waals surface area contributed by atoms with Crippen LogP contribution in [0.15, 0.2) is 24.3 Å². The molecular weight excluding hydrogens is 250 g/mol. The van der Waals surface area contributed by atoms with Crippen molar-refractivity contribution in [3.05, 3.63) is 29.8 Å². The number of carbonyl (C=O) groups is 1. The van der Waals surface area contributed by atoms with Gasteiger partial charge in [0.1, 0.15) is 0 Å². The lowest BCUT2D eigenvalue weighted by atomic mass is 9.82. The molecule has 0 radical (unpaired) electrons. The molecule has 1 fully saturated rings. The number of benzene rings is 1. The van der Waals surface area contributed by atoms with Crippen molar-refractivity contribution in [2.45, 2.75) is 37.6 Å². The minimum atomic E-state index is -0.215. The van der Waals surface area contributed by atoms with E-state index in [-0.39, 0.29) is 11.4 Å². The second-order valence-electron chi connectivity index (χ2n) is 6.05. The molecule has 2 rings (SSSR count). The van der Waals surface area contributed by atoms with Crippen molar-refractivity contribution < 1.29 is 4.79 Å². The third kappa shape index (κ3) is 3.73. The van der Waals surface area contributed by atoms with Crippen molar-refractivity contribution in [2.24, 2.45) is 5.73 Å². The Morgan fingerprint density at radius 2 is 2.00 bits per heavy atom. The number of hydrogen-bond acceptors (Lipinski definition) is 3. The maximum atomic E-state index is 12.2. The fourth-order valence-corrected chi connectivity index (χ4v) is 2.72. The van der Waals surface area contributed by atoms with Gasteiger partial charge >= 0.3 is 0 Å². The van der Waals surface area contributed by atoms with Gasteiger partial charge in [-0.25, -0.2) is 0 Å². The summed E-state index contributed by atoms with van der Waals surface area (Å²) in [6.07, 6.45) is 5.61. The number of nitrogens with zero attached hydrogens (tertiary/aromatic N) is 1. The van der Waals surface area contributed by atoms with Gasteiger partial charge in [-0.05, 0) is 31.0 Å². The van der Waals surface area contributed by atoms with Crippen LogP contribution < -0.4 is 16.0 Å². The van der Waals surface area contributed by atoms with Crippen LogP contribution >= 0.6 is 0 Å². The highest BCUT2D eigenvalue weighted by Crippen LogP contribution is 2.25. The van der Waals surface area contributed by atoms with E-state index in [1.807, 2.05) is 43.3 Å². The normalized spacial score (nSPS) is 17.6. The Labute approximate surface area is 121 Å². The summed E-state index contributed by atoms with van der Waals surface area (Å²) >= 11 is 0. The van der Waals surface area contributed by atoms with Crippen LogP contribution in [0, 0.1) is 0 Å². The molecule has 1 amide bonds. The van der Waals surface area contributed by atoms with Crippen molar-refractivity contribution in [1.82, 2.24) is 5.32 Å². The van der Waals surface area contributed by atoms with E-state index in [0.29, 0.717) is 12.1 Å².